The summed E-state index contributed by atoms with van der Waals surface area (Å²) >= 11 is 0. The zero-order chi connectivity index (χ0) is 35.4. The van der Waals surface area contributed by atoms with E-state index in [9.17, 15) is 13.8 Å². The second-order valence-electron chi connectivity index (χ2n) is 12.7. The molecule has 15 heteroatoms. The first kappa shape index (κ1) is 35.5. The number of carbonyl (C=O) groups excluding carboxylic acids is 2. The number of rotatable bonds is 7. The van der Waals surface area contributed by atoms with Crippen molar-refractivity contribution in [1.29, 1.82) is 0 Å². The highest BCUT2D eigenvalue weighted by atomic mass is 32.2. The maximum absolute atomic E-state index is 13.6. The van der Waals surface area contributed by atoms with Crippen LogP contribution in [0.15, 0.2) is 79.6 Å². The number of aromatic nitrogens is 3. The Morgan fingerprint density at radius 3 is 1.96 bits per heavy atom. The van der Waals surface area contributed by atoms with Gasteiger partial charge in [-0.3, -0.25) is 0 Å². The SMILES string of the molecule is CN=S(C)(=O)c1ccc(-c2cnc(N(C(=O)OC(C)(C)C)C(=O)OC(C)(C)C)c(-c3cc(-c4ccc(CN=C(N)N)cc4)no3)n2)cc1. The third kappa shape index (κ3) is 8.94. The summed E-state index contributed by atoms with van der Waals surface area (Å²) in [6.45, 7) is 10.3. The highest BCUT2D eigenvalue weighted by Gasteiger charge is 2.37. The van der Waals surface area contributed by atoms with Crippen LogP contribution >= 0.6 is 0 Å². The molecule has 0 aliphatic heterocycles. The molecule has 14 nitrogen and oxygen atoms in total. The summed E-state index contributed by atoms with van der Waals surface area (Å²) in [5.74, 6) is -0.104. The molecular weight excluding hydrogens is 636 g/mol. The van der Waals surface area contributed by atoms with Crippen LogP contribution < -0.4 is 16.4 Å². The van der Waals surface area contributed by atoms with Gasteiger partial charge in [0.1, 0.15) is 16.9 Å². The van der Waals surface area contributed by atoms with E-state index in [1.165, 1.54) is 13.2 Å². The zero-order valence-corrected chi connectivity index (χ0v) is 29.0. The van der Waals surface area contributed by atoms with Crippen molar-refractivity contribution < 1.29 is 27.8 Å². The molecule has 4 rings (SSSR count). The minimum atomic E-state index is -2.56. The Morgan fingerprint density at radius 1 is 0.896 bits per heavy atom. The van der Waals surface area contributed by atoms with Gasteiger partial charge in [0.25, 0.3) is 0 Å². The average molecular weight is 677 g/mol. The van der Waals surface area contributed by atoms with Crippen LogP contribution in [0.5, 0.6) is 0 Å². The molecule has 0 aliphatic carbocycles. The first-order valence-corrected chi connectivity index (χ1v) is 16.7. The number of nitrogens with two attached hydrogens (primary N) is 2. The summed E-state index contributed by atoms with van der Waals surface area (Å²) < 4.78 is 33.7. The Hall–Kier alpha value is -5.31. The summed E-state index contributed by atoms with van der Waals surface area (Å²) in [5, 5.41) is 4.22. The number of imide groups is 1. The molecule has 0 fully saturated rings. The van der Waals surface area contributed by atoms with Crippen LogP contribution in [0.4, 0.5) is 15.4 Å². The molecule has 254 valence electrons. The van der Waals surface area contributed by atoms with Gasteiger partial charge in [0.15, 0.2) is 23.2 Å². The number of hydrogen-bond donors (Lipinski definition) is 2. The van der Waals surface area contributed by atoms with Crippen LogP contribution in [-0.2, 0) is 25.7 Å². The van der Waals surface area contributed by atoms with Crippen LogP contribution in [0.2, 0.25) is 0 Å². The van der Waals surface area contributed by atoms with Crippen molar-refractivity contribution in [3.63, 3.8) is 0 Å². The Balaban J connectivity index is 1.87. The number of aliphatic imine (C=N–C) groups is 1. The van der Waals surface area contributed by atoms with Gasteiger partial charge in [-0.05, 0) is 59.2 Å². The molecule has 0 bridgehead atoms. The molecule has 48 heavy (non-hydrogen) atoms. The smallest absolute Gasteiger partial charge is 0.425 e. The number of nitrogens with zero attached hydrogens (tertiary/aromatic N) is 6. The molecule has 2 amide bonds. The number of amides is 2. The standard InChI is InChI=1S/C33H40N8O6S/c1-32(2,3)45-30(42)41(31(43)46-33(4,5)6)28-27(39-25(19-37-28)22-13-15-23(16-14-22)48(8,44)36-7)26-17-24(40-47-26)21-11-9-20(10-12-21)18-38-29(34)35/h9-17,19H,18H2,1-8H3,(H4,34,35,38). The van der Waals surface area contributed by atoms with E-state index in [2.05, 4.69) is 19.5 Å². The summed E-state index contributed by atoms with van der Waals surface area (Å²) in [6.07, 6.45) is 0.897. The van der Waals surface area contributed by atoms with Crippen molar-refractivity contribution in [2.24, 2.45) is 20.8 Å². The summed E-state index contributed by atoms with van der Waals surface area (Å²) in [5.41, 5.74) is 12.0. The molecule has 4 aromatic rings. The van der Waals surface area contributed by atoms with Crippen molar-refractivity contribution in [1.82, 2.24) is 15.1 Å². The molecule has 2 aromatic heterocycles. The van der Waals surface area contributed by atoms with Crippen LogP contribution in [0.25, 0.3) is 34.0 Å². The van der Waals surface area contributed by atoms with Crippen LogP contribution in [0, 0.1) is 0 Å². The van der Waals surface area contributed by atoms with Gasteiger partial charge in [-0.1, -0.05) is 41.6 Å². The predicted molar refractivity (Wildman–Crippen MR) is 184 cm³/mol. The van der Waals surface area contributed by atoms with Crippen molar-refractivity contribution in [3.05, 3.63) is 66.4 Å². The number of anilines is 1. The van der Waals surface area contributed by atoms with Gasteiger partial charge in [-0.25, -0.2) is 33.1 Å². The van der Waals surface area contributed by atoms with E-state index < -0.39 is 33.1 Å². The van der Waals surface area contributed by atoms with Crippen molar-refractivity contribution >= 4 is 33.7 Å². The lowest BCUT2D eigenvalue weighted by molar-refractivity contribution is 0.0429. The number of carbonyl (C=O) groups is 2. The molecule has 0 radical (unpaired) electrons. The van der Waals surface area contributed by atoms with Gasteiger partial charge in [-0.15, -0.1) is 0 Å². The quantitative estimate of drug-likeness (QED) is 0.172. The van der Waals surface area contributed by atoms with Gasteiger partial charge in [0, 0.05) is 35.4 Å². The van der Waals surface area contributed by atoms with E-state index in [1.54, 1.807) is 78.1 Å². The number of ether oxygens (including phenoxy) is 2. The Labute approximate surface area is 279 Å². The van der Waals surface area contributed by atoms with Gasteiger partial charge in [0.2, 0.25) is 0 Å². The van der Waals surface area contributed by atoms with Crippen LogP contribution in [0.3, 0.4) is 0 Å². The first-order chi connectivity index (χ1) is 22.4. The summed E-state index contributed by atoms with van der Waals surface area (Å²) in [6, 6.07) is 15.8. The molecular formula is C33H40N8O6S. The van der Waals surface area contributed by atoms with E-state index in [0.29, 0.717) is 38.9 Å². The van der Waals surface area contributed by atoms with Gasteiger partial charge in [0.05, 0.1) is 28.2 Å². The Morgan fingerprint density at radius 2 is 1.44 bits per heavy atom. The second-order valence-corrected chi connectivity index (χ2v) is 15.2. The second kappa shape index (κ2) is 13.8. The summed E-state index contributed by atoms with van der Waals surface area (Å²) in [7, 11) is -1.06. The van der Waals surface area contributed by atoms with E-state index in [0.717, 1.165) is 5.56 Å². The fourth-order valence-corrected chi connectivity index (χ4v) is 5.04. The number of guanidine groups is 1. The lowest BCUT2D eigenvalue weighted by atomic mass is 10.1. The maximum atomic E-state index is 13.6. The molecule has 0 aliphatic rings. The molecule has 2 heterocycles. The number of hydrogen-bond acceptors (Lipinski definition) is 11. The van der Waals surface area contributed by atoms with Crippen molar-refractivity contribution in [2.45, 2.75) is 64.2 Å². The van der Waals surface area contributed by atoms with Crippen LogP contribution in [0.1, 0.15) is 47.1 Å². The minimum Gasteiger partial charge on any atom is -0.443 e. The number of benzene rings is 2. The van der Waals surface area contributed by atoms with E-state index >= 15 is 0 Å². The Bertz CT molecular complexity index is 1920. The highest BCUT2D eigenvalue weighted by molar-refractivity contribution is 7.93. The zero-order valence-electron chi connectivity index (χ0n) is 28.2. The molecule has 2 aromatic carbocycles. The maximum Gasteiger partial charge on any atom is 0.425 e. The van der Waals surface area contributed by atoms with Gasteiger partial charge in [-0.2, -0.15) is 4.90 Å². The normalized spacial score (nSPS) is 12.8. The van der Waals surface area contributed by atoms with E-state index in [4.69, 9.17) is 30.4 Å². The fourth-order valence-electron chi connectivity index (χ4n) is 4.18. The fraction of sp³-hybridized carbons (Fsp3) is 0.333. The predicted octanol–water partition coefficient (Wildman–Crippen LogP) is 6.00. The monoisotopic (exact) mass is 676 g/mol. The molecule has 4 N–H and O–H groups in total. The third-order valence-electron chi connectivity index (χ3n) is 6.49. The molecule has 0 saturated heterocycles. The first-order valence-electron chi connectivity index (χ1n) is 14.8. The molecule has 1 atom stereocenters. The van der Waals surface area contributed by atoms with E-state index in [-0.39, 0.29) is 23.2 Å². The van der Waals surface area contributed by atoms with Crippen molar-refractivity contribution in [2.75, 3.05) is 18.2 Å². The minimum absolute atomic E-state index is 0.0106. The third-order valence-corrected chi connectivity index (χ3v) is 8.33. The molecule has 0 spiro atoms. The topological polar surface area (TPSA) is 201 Å². The average Bonchev–Trinajstić information content (AvgIpc) is 3.49. The van der Waals surface area contributed by atoms with Gasteiger partial charge < -0.3 is 25.5 Å². The van der Waals surface area contributed by atoms with Gasteiger partial charge >= 0.3 is 12.2 Å². The Kier molecular flexibility index (Phi) is 10.2. The van der Waals surface area contributed by atoms with Crippen LogP contribution in [-0.4, -0.2) is 62.0 Å². The highest BCUT2D eigenvalue weighted by Crippen LogP contribution is 2.34. The lowest BCUT2D eigenvalue weighted by Gasteiger charge is -2.28. The summed E-state index contributed by atoms with van der Waals surface area (Å²) in [4.78, 5) is 41.7. The largest absolute Gasteiger partial charge is 0.443 e. The molecule has 0 saturated carbocycles. The lowest BCUT2D eigenvalue weighted by Crippen LogP contribution is -2.44. The molecule has 1 unspecified atom stereocenters. The van der Waals surface area contributed by atoms with Crippen molar-refractivity contribution in [3.8, 4) is 34.0 Å². The van der Waals surface area contributed by atoms with E-state index in [1.807, 2.05) is 24.3 Å².